The number of hydrogen-bond acceptors (Lipinski definition) is 5. The van der Waals surface area contributed by atoms with Crippen LogP contribution in [0.1, 0.15) is 10.4 Å². The smallest absolute Gasteiger partial charge is 0.273 e. The van der Waals surface area contributed by atoms with Gasteiger partial charge in [0.15, 0.2) is 0 Å². The Labute approximate surface area is 129 Å². The molecule has 108 valence electrons. The SMILES string of the molecule is O=C(Cc1cccs1)N/N=C/c1ccc(Cl)c([N+](=O)[O-])c1. The van der Waals surface area contributed by atoms with Crippen LogP contribution in [-0.2, 0) is 11.2 Å². The molecular weight excluding hydrogens is 314 g/mol. The molecule has 1 N–H and O–H groups in total. The van der Waals surface area contributed by atoms with Gasteiger partial charge in [-0.15, -0.1) is 11.3 Å². The number of nitro groups is 1. The number of carbonyl (C=O) groups is 1. The third kappa shape index (κ3) is 4.37. The second-order valence-electron chi connectivity index (χ2n) is 4.02. The fraction of sp³-hybridized carbons (Fsp3) is 0.0769. The quantitative estimate of drug-likeness (QED) is 0.521. The van der Waals surface area contributed by atoms with Crippen LogP contribution in [0.25, 0.3) is 0 Å². The predicted octanol–water partition coefficient (Wildman–Crippen LogP) is 3.00. The summed E-state index contributed by atoms with van der Waals surface area (Å²) >= 11 is 7.19. The summed E-state index contributed by atoms with van der Waals surface area (Å²) in [5.41, 5.74) is 2.64. The monoisotopic (exact) mass is 323 g/mol. The average Bonchev–Trinajstić information content (AvgIpc) is 2.93. The van der Waals surface area contributed by atoms with Crippen molar-refractivity contribution < 1.29 is 9.72 Å². The molecule has 1 heterocycles. The van der Waals surface area contributed by atoms with Crippen molar-refractivity contribution in [1.29, 1.82) is 0 Å². The molecule has 0 atom stereocenters. The lowest BCUT2D eigenvalue weighted by Gasteiger charge is -1.98. The van der Waals surface area contributed by atoms with Gasteiger partial charge in [0, 0.05) is 16.5 Å². The highest BCUT2D eigenvalue weighted by Gasteiger charge is 2.11. The van der Waals surface area contributed by atoms with Gasteiger partial charge in [0.05, 0.1) is 17.6 Å². The van der Waals surface area contributed by atoms with Crippen molar-refractivity contribution >= 4 is 40.7 Å². The van der Waals surface area contributed by atoms with E-state index in [1.807, 2.05) is 17.5 Å². The Morgan fingerprint density at radius 2 is 2.29 bits per heavy atom. The van der Waals surface area contributed by atoms with Crippen molar-refractivity contribution in [3.63, 3.8) is 0 Å². The van der Waals surface area contributed by atoms with E-state index in [2.05, 4.69) is 10.5 Å². The lowest BCUT2D eigenvalue weighted by molar-refractivity contribution is -0.384. The van der Waals surface area contributed by atoms with Gasteiger partial charge < -0.3 is 0 Å². The molecule has 1 aromatic carbocycles. The van der Waals surface area contributed by atoms with E-state index in [9.17, 15) is 14.9 Å². The first-order valence-corrected chi connectivity index (χ1v) is 7.10. The van der Waals surface area contributed by atoms with Gasteiger partial charge in [-0.1, -0.05) is 23.7 Å². The van der Waals surface area contributed by atoms with Crippen LogP contribution < -0.4 is 5.43 Å². The van der Waals surface area contributed by atoms with Gasteiger partial charge in [-0.25, -0.2) is 5.43 Å². The number of thiophene rings is 1. The molecule has 1 aromatic heterocycles. The van der Waals surface area contributed by atoms with Gasteiger partial charge in [0.1, 0.15) is 5.02 Å². The summed E-state index contributed by atoms with van der Waals surface area (Å²) in [5, 5.41) is 16.5. The Hall–Kier alpha value is -2.25. The van der Waals surface area contributed by atoms with Gasteiger partial charge in [-0.2, -0.15) is 5.10 Å². The summed E-state index contributed by atoms with van der Waals surface area (Å²) in [6, 6.07) is 8.00. The second kappa shape index (κ2) is 6.96. The van der Waals surface area contributed by atoms with Gasteiger partial charge in [-0.3, -0.25) is 14.9 Å². The zero-order chi connectivity index (χ0) is 15.2. The number of halogens is 1. The first-order chi connectivity index (χ1) is 10.1. The minimum Gasteiger partial charge on any atom is -0.273 e. The zero-order valence-corrected chi connectivity index (χ0v) is 12.2. The maximum atomic E-state index is 11.6. The molecule has 0 saturated heterocycles. The van der Waals surface area contributed by atoms with E-state index >= 15 is 0 Å². The summed E-state index contributed by atoms with van der Waals surface area (Å²) in [5.74, 6) is -0.253. The first-order valence-electron chi connectivity index (χ1n) is 5.84. The molecule has 0 fully saturated rings. The summed E-state index contributed by atoms with van der Waals surface area (Å²) in [4.78, 5) is 22.7. The highest BCUT2D eigenvalue weighted by Crippen LogP contribution is 2.24. The predicted molar refractivity (Wildman–Crippen MR) is 81.9 cm³/mol. The number of amides is 1. The molecule has 0 aliphatic carbocycles. The van der Waals surface area contributed by atoms with Gasteiger partial charge in [0.25, 0.3) is 5.69 Å². The molecule has 0 aliphatic heterocycles. The average molecular weight is 324 g/mol. The minimum atomic E-state index is -0.574. The first kappa shape index (κ1) is 15.1. The van der Waals surface area contributed by atoms with E-state index < -0.39 is 4.92 Å². The molecule has 0 spiro atoms. The largest absolute Gasteiger partial charge is 0.288 e. The van der Waals surface area contributed by atoms with E-state index in [1.165, 1.54) is 29.7 Å². The molecule has 1 amide bonds. The van der Waals surface area contributed by atoms with Crippen LogP contribution in [0, 0.1) is 10.1 Å². The Morgan fingerprint density at radius 1 is 1.48 bits per heavy atom. The van der Waals surface area contributed by atoms with Gasteiger partial charge >= 0.3 is 0 Å². The normalized spacial score (nSPS) is 10.7. The number of nitrogens with one attached hydrogen (secondary N) is 1. The highest BCUT2D eigenvalue weighted by atomic mass is 35.5. The number of nitro benzene ring substituents is 1. The standard InChI is InChI=1S/C13H10ClN3O3S/c14-11-4-3-9(6-12(11)17(19)20)8-15-16-13(18)7-10-2-1-5-21-10/h1-6,8H,7H2,(H,16,18)/b15-8+. The lowest BCUT2D eigenvalue weighted by Crippen LogP contribution is -2.19. The van der Waals surface area contributed by atoms with Crippen LogP contribution >= 0.6 is 22.9 Å². The van der Waals surface area contributed by atoms with Crippen LogP contribution in [0.2, 0.25) is 5.02 Å². The highest BCUT2D eigenvalue weighted by molar-refractivity contribution is 7.10. The molecule has 8 heteroatoms. The van der Waals surface area contributed by atoms with Crippen LogP contribution in [0.4, 0.5) is 5.69 Å². The molecule has 0 saturated carbocycles. The van der Waals surface area contributed by atoms with Crippen LogP contribution in [0.15, 0.2) is 40.8 Å². The van der Waals surface area contributed by atoms with E-state index in [1.54, 1.807) is 6.07 Å². The Bertz CT molecular complexity index is 686. The molecule has 21 heavy (non-hydrogen) atoms. The molecule has 2 rings (SSSR count). The van der Waals surface area contributed by atoms with E-state index in [0.29, 0.717) is 5.56 Å². The fourth-order valence-corrected chi connectivity index (χ4v) is 2.43. The van der Waals surface area contributed by atoms with E-state index in [0.717, 1.165) is 4.88 Å². The van der Waals surface area contributed by atoms with Crippen molar-refractivity contribution in [2.45, 2.75) is 6.42 Å². The molecule has 0 aliphatic rings. The number of carbonyl (C=O) groups excluding carboxylic acids is 1. The molecule has 0 radical (unpaired) electrons. The van der Waals surface area contributed by atoms with Gasteiger partial charge in [0.2, 0.25) is 5.91 Å². The zero-order valence-electron chi connectivity index (χ0n) is 10.7. The van der Waals surface area contributed by atoms with Crippen molar-refractivity contribution in [3.8, 4) is 0 Å². The number of rotatable bonds is 5. The Kier molecular flexibility index (Phi) is 5.02. The van der Waals surface area contributed by atoms with Gasteiger partial charge in [-0.05, 0) is 17.5 Å². The summed E-state index contributed by atoms with van der Waals surface area (Å²) in [7, 11) is 0. The molecule has 0 bridgehead atoms. The number of benzene rings is 1. The van der Waals surface area contributed by atoms with Crippen molar-refractivity contribution in [1.82, 2.24) is 5.43 Å². The van der Waals surface area contributed by atoms with E-state index in [4.69, 9.17) is 11.6 Å². The molecule has 6 nitrogen and oxygen atoms in total. The minimum absolute atomic E-state index is 0.0545. The fourth-order valence-electron chi connectivity index (χ4n) is 1.54. The third-order valence-corrected chi connectivity index (χ3v) is 3.68. The molecule has 0 unspecified atom stereocenters. The number of nitrogens with zero attached hydrogens (tertiary/aromatic N) is 2. The molecule has 2 aromatic rings. The van der Waals surface area contributed by atoms with E-state index in [-0.39, 0.29) is 23.0 Å². The summed E-state index contributed by atoms with van der Waals surface area (Å²) in [6.45, 7) is 0. The summed E-state index contributed by atoms with van der Waals surface area (Å²) in [6.07, 6.45) is 1.57. The lowest BCUT2D eigenvalue weighted by atomic mass is 10.2. The van der Waals surface area contributed by atoms with Crippen molar-refractivity contribution in [2.75, 3.05) is 0 Å². The Morgan fingerprint density at radius 3 is 2.95 bits per heavy atom. The topological polar surface area (TPSA) is 84.6 Å². The van der Waals surface area contributed by atoms with Crippen molar-refractivity contribution in [2.24, 2.45) is 5.10 Å². The van der Waals surface area contributed by atoms with Crippen LogP contribution in [0.5, 0.6) is 0 Å². The van der Waals surface area contributed by atoms with Crippen LogP contribution in [0.3, 0.4) is 0 Å². The van der Waals surface area contributed by atoms with Crippen LogP contribution in [-0.4, -0.2) is 17.0 Å². The number of hydrogen-bond donors (Lipinski definition) is 1. The second-order valence-corrected chi connectivity index (χ2v) is 5.46. The molecular formula is C13H10ClN3O3S. The third-order valence-electron chi connectivity index (χ3n) is 2.48. The maximum Gasteiger partial charge on any atom is 0.288 e. The Balaban J connectivity index is 1.96. The summed E-state index contributed by atoms with van der Waals surface area (Å²) < 4.78 is 0. The van der Waals surface area contributed by atoms with Crippen molar-refractivity contribution in [3.05, 3.63) is 61.3 Å². The number of hydrazone groups is 1. The maximum absolute atomic E-state index is 11.6.